The van der Waals surface area contributed by atoms with Crippen molar-refractivity contribution >= 4 is 16.9 Å². The second-order valence-corrected chi connectivity index (χ2v) is 11.6. The number of phenols is 1. The van der Waals surface area contributed by atoms with Crippen LogP contribution in [0.25, 0.3) is 10.9 Å². The van der Waals surface area contributed by atoms with Crippen molar-refractivity contribution in [3.63, 3.8) is 0 Å². The number of esters is 1. The standard InChI is InChI=1S/C35H41N3O7/c1-38-19-17-27(23-38)45-34(42)35(43,24-9-4-2-5-10-24)25-11-8-12-26(21-25)44-20-7-3-6-18-36-22-31(40)28-13-15-30(39)33-29(28)14-16-32(41)37-33/h2,4-5,8-16,21,27,31,36,39-40,43H,3,6-7,17-20,22-23H2,1H3,(H,37,41)/t27-,31+,35?/m1/s1. The largest absolute Gasteiger partial charge is 0.506 e. The number of ether oxygens (including phenoxy) is 2. The molecule has 0 saturated carbocycles. The molecule has 1 fully saturated rings. The molecule has 3 aromatic carbocycles. The highest BCUT2D eigenvalue weighted by Gasteiger charge is 2.43. The van der Waals surface area contributed by atoms with Crippen molar-refractivity contribution in [2.24, 2.45) is 0 Å². The molecule has 45 heavy (non-hydrogen) atoms. The number of aromatic hydroxyl groups is 1. The number of carbonyl (C=O) groups excluding carboxylic acids is 1. The number of hydrogen-bond donors (Lipinski definition) is 5. The Labute approximate surface area is 262 Å². The summed E-state index contributed by atoms with van der Waals surface area (Å²) in [4.78, 5) is 29.8. The Morgan fingerprint density at radius 3 is 2.62 bits per heavy atom. The molecule has 4 aromatic rings. The van der Waals surface area contributed by atoms with E-state index in [4.69, 9.17) is 9.47 Å². The summed E-state index contributed by atoms with van der Waals surface area (Å²) in [5, 5.41) is 36.5. The average Bonchev–Trinajstić information content (AvgIpc) is 3.46. The number of pyridine rings is 1. The quantitative estimate of drug-likeness (QED) is 0.106. The number of nitrogens with zero attached hydrogens (tertiary/aromatic N) is 1. The molecular formula is C35H41N3O7. The van der Waals surface area contributed by atoms with Gasteiger partial charge in [0.2, 0.25) is 11.2 Å². The lowest BCUT2D eigenvalue weighted by Gasteiger charge is -2.29. The van der Waals surface area contributed by atoms with Gasteiger partial charge in [0.25, 0.3) is 0 Å². The molecule has 3 atom stereocenters. The van der Waals surface area contributed by atoms with Gasteiger partial charge in [-0.15, -0.1) is 0 Å². The van der Waals surface area contributed by atoms with Crippen LogP contribution in [0.2, 0.25) is 0 Å². The summed E-state index contributed by atoms with van der Waals surface area (Å²) in [6.07, 6.45) is 2.21. The fourth-order valence-corrected chi connectivity index (χ4v) is 5.74. The maximum Gasteiger partial charge on any atom is 0.348 e. The Morgan fingerprint density at radius 1 is 1.04 bits per heavy atom. The lowest BCUT2D eigenvalue weighted by atomic mass is 9.86. The normalized spacial score (nSPS) is 17.2. The third kappa shape index (κ3) is 7.72. The number of aromatic nitrogens is 1. The van der Waals surface area contributed by atoms with Crippen molar-refractivity contribution in [1.29, 1.82) is 0 Å². The van der Waals surface area contributed by atoms with Crippen LogP contribution in [0.15, 0.2) is 83.7 Å². The molecule has 0 spiro atoms. The number of benzene rings is 3. The molecule has 5 rings (SSSR count). The highest BCUT2D eigenvalue weighted by atomic mass is 16.6. The van der Waals surface area contributed by atoms with Crippen molar-refractivity contribution in [3.05, 3.63) is 106 Å². The number of nitrogens with one attached hydrogen (secondary N) is 2. The van der Waals surface area contributed by atoms with Crippen LogP contribution in [0, 0.1) is 0 Å². The lowest BCUT2D eigenvalue weighted by Crippen LogP contribution is -2.41. The van der Waals surface area contributed by atoms with Gasteiger partial charge >= 0.3 is 5.97 Å². The van der Waals surface area contributed by atoms with Gasteiger partial charge in [0.1, 0.15) is 17.6 Å². The van der Waals surface area contributed by atoms with Crippen molar-refractivity contribution in [2.45, 2.75) is 43.5 Å². The van der Waals surface area contributed by atoms with E-state index in [1.807, 2.05) is 13.1 Å². The number of aliphatic hydroxyl groups excluding tert-OH is 1. The summed E-state index contributed by atoms with van der Waals surface area (Å²) < 4.78 is 11.8. The third-order valence-electron chi connectivity index (χ3n) is 8.23. The first kappa shape index (κ1) is 32.2. The maximum atomic E-state index is 13.5. The SMILES string of the molecule is CN1CC[C@@H](OC(=O)C(O)(c2ccccc2)c2cccc(OCCCCCNC[C@H](O)c3ccc(O)c4[nH]c(=O)ccc34)c2)C1. The van der Waals surface area contributed by atoms with Gasteiger partial charge in [-0.1, -0.05) is 48.5 Å². The predicted octanol–water partition coefficient (Wildman–Crippen LogP) is 3.59. The number of rotatable bonds is 14. The van der Waals surface area contributed by atoms with E-state index in [0.717, 1.165) is 32.2 Å². The summed E-state index contributed by atoms with van der Waals surface area (Å²) in [5.41, 5.74) is -0.530. The van der Waals surface area contributed by atoms with Crippen LogP contribution in [0.3, 0.4) is 0 Å². The molecule has 1 aromatic heterocycles. The minimum absolute atomic E-state index is 0.0394. The Bertz CT molecular complexity index is 1640. The number of aromatic amines is 1. The fourth-order valence-electron chi connectivity index (χ4n) is 5.74. The topological polar surface area (TPSA) is 144 Å². The van der Waals surface area contributed by atoms with E-state index in [1.165, 1.54) is 12.1 Å². The summed E-state index contributed by atoms with van der Waals surface area (Å²) in [6, 6.07) is 21.9. The van der Waals surface area contributed by atoms with E-state index in [2.05, 4.69) is 15.2 Å². The van der Waals surface area contributed by atoms with Gasteiger partial charge in [0.15, 0.2) is 0 Å². The summed E-state index contributed by atoms with van der Waals surface area (Å²) >= 11 is 0. The zero-order valence-corrected chi connectivity index (χ0v) is 25.4. The van der Waals surface area contributed by atoms with E-state index >= 15 is 0 Å². The third-order valence-corrected chi connectivity index (χ3v) is 8.23. The van der Waals surface area contributed by atoms with Crippen LogP contribution in [0.1, 0.15) is 48.5 Å². The van der Waals surface area contributed by atoms with E-state index in [0.29, 0.717) is 59.6 Å². The van der Waals surface area contributed by atoms with Gasteiger partial charge < -0.3 is 40.0 Å². The fraction of sp³-hybridized carbons (Fsp3) is 0.371. The van der Waals surface area contributed by atoms with Gasteiger partial charge in [0, 0.05) is 36.7 Å². The molecule has 0 bridgehead atoms. The van der Waals surface area contributed by atoms with Crippen molar-refractivity contribution in [2.75, 3.05) is 39.8 Å². The molecule has 10 heteroatoms. The van der Waals surface area contributed by atoms with Gasteiger partial charge in [0.05, 0.1) is 18.2 Å². The number of aliphatic hydroxyl groups is 2. The van der Waals surface area contributed by atoms with Crippen LogP contribution < -0.4 is 15.6 Å². The molecule has 0 radical (unpaired) electrons. The molecule has 10 nitrogen and oxygen atoms in total. The van der Waals surface area contributed by atoms with Crippen LogP contribution in [0.4, 0.5) is 0 Å². The zero-order valence-electron chi connectivity index (χ0n) is 25.4. The number of likely N-dealkylation sites (N-methyl/N-ethyl adjacent to an activating group) is 1. The summed E-state index contributed by atoms with van der Waals surface area (Å²) in [5.74, 6) is -0.182. The molecule has 1 saturated heterocycles. The van der Waals surface area contributed by atoms with Crippen LogP contribution >= 0.6 is 0 Å². The first-order valence-electron chi connectivity index (χ1n) is 15.4. The first-order chi connectivity index (χ1) is 21.8. The number of phenolic OH excluding ortho intramolecular Hbond substituents is 1. The molecular weight excluding hydrogens is 574 g/mol. The predicted molar refractivity (Wildman–Crippen MR) is 171 cm³/mol. The number of fused-ring (bicyclic) bond motifs is 1. The van der Waals surface area contributed by atoms with Crippen molar-refractivity contribution < 1.29 is 29.6 Å². The van der Waals surface area contributed by atoms with Crippen LogP contribution in [0.5, 0.6) is 11.5 Å². The Balaban J connectivity index is 1.10. The molecule has 1 aliphatic heterocycles. The van der Waals surface area contributed by atoms with Crippen molar-refractivity contribution in [1.82, 2.24) is 15.2 Å². The second kappa shape index (κ2) is 14.7. The van der Waals surface area contributed by atoms with Gasteiger partial charge in [-0.25, -0.2) is 4.79 Å². The van der Waals surface area contributed by atoms with E-state index in [-0.39, 0.29) is 17.4 Å². The van der Waals surface area contributed by atoms with Crippen LogP contribution in [-0.4, -0.2) is 77.1 Å². The highest BCUT2D eigenvalue weighted by molar-refractivity contribution is 5.87. The maximum absolute atomic E-state index is 13.5. The van der Waals surface area contributed by atoms with E-state index < -0.39 is 17.7 Å². The molecule has 0 aliphatic carbocycles. The Hall–Kier alpha value is -4.22. The molecule has 5 N–H and O–H groups in total. The average molecular weight is 616 g/mol. The van der Waals surface area contributed by atoms with Gasteiger partial charge in [-0.2, -0.15) is 0 Å². The minimum Gasteiger partial charge on any atom is -0.506 e. The smallest absolute Gasteiger partial charge is 0.348 e. The number of likely N-dealkylation sites (tertiary alicyclic amines) is 1. The summed E-state index contributed by atoms with van der Waals surface area (Å²) in [6.45, 7) is 2.96. The minimum atomic E-state index is -1.97. The summed E-state index contributed by atoms with van der Waals surface area (Å²) in [7, 11) is 1.98. The molecule has 2 heterocycles. The Morgan fingerprint density at radius 2 is 1.84 bits per heavy atom. The Kier molecular flexibility index (Phi) is 10.5. The number of hydrogen-bond acceptors (Lipinski definition) is 9. The van der Waals surface area contributed by atoms with Gasteiger partial charge in [-0.3, -0.25) is 4.79 Å². The number of carbonyl (C=O) groups is 1. The lowest BCUT2D eigenvalue weighted by molar-refractivity contribution is -0.167. The van der Waals surface area contributed by atoms with Crippen LogP contribution in [-0.2, 0) is 15.1 Å². The zero-order chi connectivity index (χ0) is 31.8. The van der Waals surface area contributed by atoms with Gasteiger partial charge in [-0.05, 0) is 74.7 Å². The monoisotopic (exact) mass is 615 g/mol. The molecule has 1 aliphatic rings. The molecule has 0 amide bonds. The van der Waals surface area contributed by atoms with E-state index in [9.17, 15) is 24.9 Å². The number of H-pyrrole nitrogens is 1. The second-order valence-electron chi connectivity index (χ2n) is 11.6. The van der Waals surface area contributed by atoms with Crippen molar-refractivity contribution in [3.8, 4) is 11.5 Å². The van der Waals surface area contributed by atoms with E-state index in [1.54, 1.807) is 60.7 Å². The number of unbranched alkanes of at least 4 members (excludes halogenated alkanes) is 2. The molecule has 1 unspecified atom stereocenters. The molecule has 238 valence electrons. The first-order valence-corrected chi connectivity index (χ1v) is 15.4. The highest BCUT2D eigenvalue weighted by Crippen LogP contribution is 2.34.